The molecule has 2 aromatic rings. The van der Waals surface area contributed by atoms with Gasteiger partial charge >= 0.3 is 0 Å². The van der Waals surface area contributed by atoms with Gasteiger partial charge in [-0.15, -0.1) is 11.3 Å². The Balaban J connectivity index is 1.63. The number of nitrogens with one attached hydrogen (secondary N) is 2. The number of fused-ring (bicyclic) bond motifs is 3. The molecule has 6 heteroatoms. The lowest BCUT2D eigenvalue weighted by Gasteiger charge is -2.34. The molecule has 2 heterocycles. The number of hydrogen-bond donors (Lipinski definition) is 2. The lowest BCUT2D eigenvalue weighted by atomic mass is 9.72. The van der Waals surface area contributed by atoms with Gasteiger partial charge in [0.05, 0.1) is 17.7 Å². The summed E-state index contributed by atoms with van der Waals surface area (Å²) in [5.41, 5.74) is 3.30. The van der Waals surface area contributed by atoms with Gasteiger partial charge in [-0.3, -0.25) is 4.79 Å². The number of amides is 1. The fourth-order valence-electron chi connectivity index (χ4n) is 4.07. The van der Waals surface area contributed by atoms with Crippen LogP contribution in [0.2, 0.25) is 5.02 Å². The van der Waals surface area contributed by atoms with Crippen molar-refractivity contribution in [1.82, 2.24) is 5.32 Å². The molecule has 27 heavy (non-hydrogen) atoms. The van der Waals surface area contributed by atoms with Crippen LogP contribution in [0.3, 0.4) is 0 Å². The second kappa shape index (κ2) is 6.71. The van der Waals surface area contributed by atoms with Crippen molar-refractivity contribution in [2.24, 2.45) is 11.3 Å². The summed E-state index contributed by atoms with van der Waals surface area (Å²) in [7, 11) is 1.59. The number of thiophene rings is 1. The molecule has 144 valence electrons. The first kappa shape index (κ1) is 18.6. The summed E-state index contributed by atoms with van der Waals surface area (Å²) >= 11 is 8.01. The highest BCUT2D eigenvalue weighted by Crippen LogP contribution is 2.46. The third kappa shape index (κ3) is 3.32. The van der Waals surface area contributed by atoms with Crippen molar-refractivity contribution in [3.05, 3.63) is 44.8 Å². The number of halogens is 1. The van der Waals surface area contributed by atoms with Crippen LogP contribution in [0.5, 0.6) is 5.75 Å². The Morgan fingerprint density at radius 3 is 2.70 bits per heavy atom. The summed E-state index contributed by atoms with van der Waals surface area (Å²) < 4.78 is 5.22. The highest BCUT2D eigenvalue weighted by Gasteiger charge is 2.36. The van der Waals surface area contributed by atoms with Crippen molar-refractivity contribution >= 4 is 33.8 Å². The molecule has 2 aliphatic rings. The second-order valence-corrected chi connectivity index (χ2v) is 9.97. The molecule has 4 nitrogen and oxygen atoms in total. The molecule has 1 aromatic carbocycles. The maximum atomic E-state index is 12.9. The Labute approximate surface area is 169 Å². The van der Waals surface area contributed by atoms with Crippen molar-refractivity contribution in [3.8, 4) is 5.75 Å². The van der Waals surface area contributed by atoms with E-state index >= 15 is 0 Å². The molecule has 0 saturated carbocycles. The summed E-state index contributed by atoms with van der Waals surface area (Å²) in [6.07, 6.45) is 2.90. The Kier molecular flexibility index (Phi) is 4.63. The number of rotatable bonds is 2. The van der Waals surface area contributed by atoms with Crippen LogP contribution in [-0.2, 0) is 12.8 Å². The Morgan fingerprint density at radius 1 is 1.26 bits per heavy atom. The largest absolute Gasteiger partial charge is 0.495 e. The molecule has 1 amide bonds. The minimum absolute atomic E-state index is 0.00685. The molecule has 2 N–H and O–H groups in total. The van der Waals surface area contributed by atoms with E-state index in [-0.39, 0.29) is 12.1 Å². The fraction of sp³-hybridized carbons (Fsp3) is 0.476. The third-order valence-electron chi connectivity index (χ3n) is 5.78. The maximum Gasteiger partial charge on any atom is 0.256 e. The molecule has 2 atom stereocenters. The quantitative estimate of drug-likeness (QED) is 0.703. The lowest BCUT2D eigenvalue weighted by molar-refractivity contribution is 0.0935. The predicted molar refractivity (Wildman–Crippen MR) is 111 cm³/mol. The SMILES string of the molecule is COc1ccc([C@@H]2NC(=O)c3c(sc4c3CC[C@@H](C(C)(C)C)C4)N2)cc1Cl. The number of carbonyl (C=O) groups is 1. The van der Waals surface area contributed by atoms with Crippen LogP contribution in [0.4, 0.5) is 5.00 Å². The summed E-state index contributed by atoms with van der Waals surface area (Å²) in [5, 5.41) is 8.11. The molecule has 1 aliphatic carbocycles. The zero-order chi connectivity index (χ0) is 19.3. The summed E-state index contributed by atoms with van der Waals surface area (Å²) in [6, 6.07) is 5.59. The summed E-state index contributed by atoms with van der Waals surface area (Å²) in [5.74, 6) is 1.29. The zero-order valence-electron chi connectivity index (χ0n) is 16.1. The van der Waals surface area contributed by atoms with Gasteiger partial charge in [0.25, 0.3) is 5.91 Å². The zero-order valence-corrected chi connectivity index (χ0v) is 17.7. The first-order valence-electron chi connectivity index (χ1n) is 9.33. The van der Waals surface area contributed by atoms with Crippen LogP contribution in [-0.4, -0.2) is 13.0 Å². The maximum absolute atomic E-state index is 12.9. The van der Waals surface area contributed by atoms with Crippen molar-refractivity contribution in [3.63, 3.8) is 0 Å². The van der Waals surface area contributed by atoms with E-state index in [4.69, 9.17) is 16.3 Å². The molecule has 1 aromatic heterocycles. The molecule has 0 bridgehead atoms. The molecular weight excluding hydrogens is 380 g/mol. The molecule has 0 saturated heterocycles. The van der Waals surface area contributed by atoms with E-state index in [1.165, 1.54) is 10.4 Å². The van der Waals surface area contributed by atoms with Crippen LogP contribution in [0, 0.1) is 11.3 Å². The molecule has 0 spiro atoms. The van der Waals surface area contributed by atoms with Gasteiger partial charge in [0.1, 0.15) is 16.9 Å². The number of hydrogen-bond acceptors (Lipinski definition) is 4. The number of carbonyl (C=O) groups excluding carboxylic acids is 1. The molecule has 0 unspecified atom stereocenters. The van der Waals surface area contributed by atoms with Gasteiger partial charge in [-0.05, 0) is 53.9 Å². The minimum atomic E-state index is -0.285. The van der Waals surface area contributed by atoms with E-state index in [0.717, 1.165) is 35.4 Å². The third-order valence-corrected chi connectivity index (χ3v) is 7.26. The lowest BCUT2D eigenvalue weighted by Crippen LogP contribution is -2.38. The van der Waals surface area contributed by atoms with Crippen molar-refractivity contribution in [1.29, 1.82) is 0 Å². The molecule has 0 radical (unpaired) electrons. The van der Waals surface area contributed by atoms with Crippen LogP contribution >= 0.6 is 22.9 Å². The number of methoxy groups -OCH3 is 1. The summed E-state index contributed by atoms with van der Waals surface area (Å²) in [4.78, 5) is 14.2. The van der Waals surface area contributed by atoms with E-state index in [1.54, 1.807) is 18.4 Å². The minimum Gasteiger partial charge on any atom is -0.495 e. The van der Waals surface area contributed by atoms with Crippen LogP contribution in [0.15, 0.2) is 18.2 Å². The van der Waals surface area contributed by atoms with E-state index < -0.39 is 0 Å². The summed E-state index contributed by atoms with van der Waals surface area (Å²) in [6.45, 7) is 6.93. The van der Waals surface area contributed by atoms with Crippen molar-refractivity contribution in [2.45, 2.75) is 46.2 Å². The van der Waals surface area contributed by atoms with E-state index in [9.17, 15) is 4.79 Å². The van der Waals surface area contributed by atoms with Crippen LogP contribution in [0.1, 0.15) is 59.7 Å². The van der Waals surface area contributed by atoms with Crippen LogP contribution < -0.4 is 15.4 Å². The van der Waals surface area contributed by atoms with Gasteiger partial charge in [-0.1, -0.05) is 38.4 Å². The van der Waals surface area contributed by atoms with E-state index in [0.29, 0.717) is 22.1 Å². The predicted octanol–water partition coefficient (Wildman–Crippen LogP) is 5.42. The van der Waals surface area contributed by atoms with Crippen molar-refractivity contribution in [2.75, 3.05) is 12.4 Å². The monoisotopic (exact) mass is 404 g/mol. The topological polar surface area (TPSA) is 50.4 Å². The standard InChI is InChI=1S/C21H25ClN2O2S/c1-21(2,3)12-6-7-13-16(10-12)27-20-17(13)19(25)23-18(24-20)11-5-8-15(26-4)14(22)9-11/h5,8-9,12,18,24H,6-7,10H2,1-4H3,(H,23,25)/t12-,18-/m1/s1. The highest BCUT2D eigenvalue weighted by atomic mass is 35.5. The molecular formula is C21H25ClN2O2S. The Morgan fingerprint density at radius 2 is 2.04 bits per heavy atom. The second-order valence-electron chi connectivity index (χ2n) is 8.46. The molecule has 0 fully saturated rings. The molecule has 1 aliphatic heterocycles. The van der Waals surface area contributed by atoms with Gasteiger partial charge in [-0.2, -0.15) is 0 Å². The average Bonchev–Trinajstić information content (AvgIpc) is 2.98. The van der Waals surface area contributed by atoms with Gasteiger partial charge in [-0.25, -0.2) is 0 Å². The fourth-order valence-corrected chi connectivity index (χ4v) is 5.69. The first-order chi connectivity index (χ1) is 12.8. The van der Waals surface area contributed by atoms with Gasteiger partial charge in [0.2, 0.25) is 0 Å². The molecule has 4 rings (SSSR count). The average molecular weight is 405 g/mol. The first-order valence-corrected chi connectivity index (χ1v) is 10.5. The number of ether oxygens (including phenoxy) is 1. The number of anilines is 1. The van der Waals surface area contributed by atoms with Gasteiger partial charge in [0.15, 0.2) is 0 Å². The van der Waals surface area contributed by atoms with Gasteiger partial charge in [0, 0.05) is 4.88 Å². The highest BCUT2D eigenvalue weighted by molar-refractivity contribution is 7.16. The Hall–Kier alpha value is -1.72. The smallest absolute Gasteiger partial charge is 0.256 e. The van der Waals surface area contributed by atoms with Gasteiger partial charge < -0.3 is 15.4 Å². The number of benzene rings is 1. The van der Waals surface area contributed by atoms with E-state index in [2.05, 4.69) is 31.4 Å². The van der Waals surface area contributed by atoms with E-state index in [1.807, 2.05) is 18.2 Å². The Bertz CT molecular complexity index is 900. The van der Waals surface area contributed by atoms with Crippen molar-refractivity contribution < 1.29 is 9.53 Å². The normalized spacial score (nSPS) is 21.7. The van der Waals surface area contributed by atoms with Crippen LogP contribution in [0.25, 0.3) is 0 Å².